The summed E-state index contributed by atoms with van der Waals surface area (Å²) >= 11 is 0. The molecule has 2 N–H and O–H groups in total. The maximum absolute atomic E-state index is 14.8. The van der Waals surface area contributed by atoms with E-state index in [1.807, 2.05) is 43.7 Å². The molecule has 1 amide bonds. The van der Waals surface area contributed by atoms with Crippen LogP contribution in [-0.2, 0) is 18.2 Å². The third-order valence-corrected chi connectivity index (χ3v) is 6.08. The van der Waals surface area contributed by atoms with Gasteiger partial charge in [0.25, 0.3) is 5.91 Å². The quantitative estimate of drug-likeness (QED) is 0.492. The van der Waals surface area contributed by atoms with Gasteiger partial charge in [0.2, 0.25) is 0 Å². The molecule has 33 heavy (non-hydrogen) atoms. The minimum absolute atomic E-state index is 0.225. The van der Waals surface area contributed by atoms with Gasteiger partial charge in [-0.2, -0.15) is 5.10 Å². The molecule has 0 bridgehead atoms. The summed E-state index contributed by atoms with van der Waals surface area (Å²) < 4.78 is 23.6. The van der Waals surface area contributed by atoms with Gasteiger partial charge in [-0.15, -0.1) is 0 Å². The molecule has 0 spiro atoms. The predicted octanol–water partition coefficient (Wildman–Crippen LogP) is 2.95. The van der Waals surface area contributed by atoms with Crippen LogP contribution < -0.4 is 5.32 Å². The van der Waals surface area contributed by atoms with Crippen LogP contribution in [0.3, 0.4) is 0 Å². The Morgan fingerprint density at radius 2 is 2.09 bits per heavy atom. The molecule has 170 valence electrons. The summed E-state index contributed by atoms with van der Waals surface area (Å²) in [6.07, 6.45) is 5.83. The Labute approximate surface area is 190 Å². The Kier molecular flexibility index (Phi) is 5.70. The molecule has 1 aromatic carbocycles. The summed E-state index contributed by atoms with van der Waals surface area (Å²) in [5.74, 6) is -0.897. The number of aromatic nitrogens is 3. The summed E-state index contributed by atoms with van der Waals surface area (Å²) in [6, 6.07) is 12.3. The number of amides is 1. The molecule has 3 aromatic heterocycles. The van der Waals surface area contributed by atoms with E-state index in [0.717, 1.165) is 22.4 Å². The zero-order valence-electron chi connectivity index (χ0n) is 18.2. The lowest BCUT2D eigenvalue weighted by Crippen LogP contribution is -2.49. The molecule has 4 aromatic rings. The molecule has 2 atom stereocenters. The van der Waals surface area contributed by atoms with Crippen LogP contribution in [0.5, 0.6) is 0 Å². The van der Waals surface area contributed by atoms with Crippen molar-refractivity contribution in [2.24, 2.45) is 7.05 Å². The Bertz CT molecular complexity index is 1290. The van der Waals surface area contributed by atoms with Crippen LogP contribution in [0, 0.1) is 5.82 Å². The van der Waals surface area contributed by atoms with E-state index in [1.54, 1.807) is 27.4 Å². The fraction of sp³-hybridized carbons (Fsp3) is 0.280. The summed E-state index contributed by atoms with van der Waals surface area (Å²) in [4.78, 5) is 13.0. The number of rotatable bonds is 5. The van der Waals surface area contributed by atoms with Crippen LogP contribution in [0.25, 0.3) is 16.6 Å². The second kappa shape index (κ2) is 8.80. The number of carbonyl (C=O) groups is 1. The first-order valence-corrected chi connectivity index (χ1v) is 10.9. The van der Waals surface area contributed by atoms with Crippen molar-refractivity contribution in [3.8, 4) is 11.1 Å². The number of nitrogens with one attached hydrogen (secondary N) is 1. The minimum atomic E-state index is -0.681. The van der Waals surface area contributed by atoms with Crippen LogP contribution >= 0.6 is 0 Å². The molecule has 0 aliphatic carbocycles. The summed E-state index contributed by atoms with van der Waals surface area (Å²) in [5.41, 5.74) is 4.40. The van der Waals surface area contributed by atoms with E-state index in [9.17, 15) is 14.3 Å². The zero-order chi connectivity index (χ0) is 22.9. The number of benzene rings is 1. The molecule has 8 heteroatoms. The van der Waals surface area contributed by atoms with Gasteiger partial charge in [-0.1, -0.05) is 24.3 Å². The van der Waals surface area contributed by atoms with Crippen LogP contribution in [0.2, 0.25) is 0 Å². The van der Waals surface area contributed by atoms with E-state index in [1.165, 1.54) is 6.07 Å². The average molecular weight is 448 g/mol. The first-order valence-electron chi connectivity index (χ1n) is 10.9. The first-order chi connectivity index (χ1) is 16.0. The van der Waals surface area contributed by atoms with Crippen molar-refractivity contribution in [3.05, 3.63) is 83.7 Å². The maximum Gasteiger partial charge on any atom is 0.253 e. The molecule has 1 aliphatic heterocycles. The second-order valence-electron chi connectivity index (χ2n) is 8.41. The molecular formula is C25H25FN4O3. The molecule has 7 nitrogen and oxygen atoms in total. The number of hydrogen-bond acceptors (Lipinski definition) is 4. The number of aliphatic hydroxyl groups excluding tert-OH is 1. The molecule has 1 saturated heterocycles. The number of pyridine rings is 1. The number of aryl methyl sites for hydroxylation is 1. The topological polar surface area (TPSA) is 80.8 Å². The van der Waals surface area contributed by atoms with E-state index in [4.69, 9.17) is 4.74 Å². The monoisotopic (exact) mass is 448 g/mol. The van der Waals surface area contributed by atoms with Crippen molar-refractivity contribution < 1.29 is 19.0 Å². The number of nitrogens with zero attached hydrogens (tertiary/aromatic N) is 3. The molecule has 0 radical (unpaired) electrons. The van der Waals surface area contributed by atoms with Crippen LogP contribution in [-0.4, -0.2) is 50.6 Å². The Morgan fingerprint density at radius 3 is 2.82 bits per heavy atom. The fourth-order valence-corrected chi connectivity index (χ4v) is 4.30. The average Bonchev–Trinajstić information content (AvgIpc) is 3.41. The van der Waals surface area contributed by atoms with Gasteiger partial charge in [-0.25, -0.2) is 4.39 Å². The van der Waals surface area contributed by atoms with E-state index >= 15 is 0 Å². The van der Waals surface area contributed by atoms with Gasteiger partial charge in [0, 0.05) is 43.7 Å². The van der Waals surface area contributed by atoms with Gasteiger partial charge < -0.3 is 19.6 Å². The Morgan fingerprint density at radius 1 is 1.27 bits per heavy atom. The summed E-state index contributed by atoms with van der Waals surface area (Å²) in [5, 5.41) is 17.2. The minimum Gasteiger partial charge on any atom is -0.391 e. The van der Waals surface area contributed by atoms with Crippen molar-refractivity contribution in [2.75, 3.05) is 13.2 Å². The van der Waals surface area contributed by atoms with Crippen molar-refractivity contribution >= 4 is 11.4 Å². The lowest BCUT2D eigenvalue weighted by molar-refractivity contribution is -0.0139. The van der Waals surface area contributed by atoms with Crippen LogP contribution in [0.4, 0.5) is 4.39 Å². The van der Waals surface area contributed by atoms with Crippen molar-refractivity contribution in [2.45, 2.75) is 25.0 Å². The zero-order valence-corrected chi connectivity index (χ0v) is 18.2. The lowest BCUT2D eigenvalue weighted by atomic mass is 10.0. The van der Waals surface area contributed by atoms with Gasteiger partial charge in [-0.3, -0.25) is 9.48 Å². The SMILES string of the molecule is Cn1cc(-c2ccc(Cc3cc(C(=O)NC4COCCC4O)c4c(F)cccn34)cc2)cn1. The van der Waals surface area contributed by atoms with E-state index in [2.05, 4.69) is 10.4 Å². The number of halogens is 1. The van der Waals surface area contributed by atoms with Crippen LogP contribution in [0.15, 0.2) is 61.1 Å². The normalized spacial score (nSPS) is 18.5. The van der Waals surface area contributed by atoms with Gasteiger partial charge in [0.15, 0.2) is 0 Å². The van der Waals surface area contributed by atoms with Gasteiger partial charge in [0.1, 0.15) is 5.82 Å². The third-order valence-electron chi connectivity index (χ3n) is 6.08. The molecule has 4 heterocycles. The van der Waals surface area contributed by atoms with E-state index in [-0.39, 0.29) is 17.7 Å². The highest BCUT2D eigenvalue weighted by Crippen LogP contribution is 2.25. The fourth-order valence-electron chi connectivity index (χ4n) is 4.30. The number of ether oxygens (including phenoxy) is 1. The number of aliphatic hydroxyl groups is 1. The van der Waals surface area contributed by atoms with Gasteiger partial charge >= 0.3 is 0 Å². The molecule has 1 aliphatic rings. The maximum atomic E-state index is 14.8. The van der Waals surface area contributed by atoms with E-state index < -0.39 is 23.9 Å². The highest BCUT2D eigenvalue weighted by atomic mass is 19.1. The van der Waals surface area contributed by atoms with E-state index in [0.29, 0.717) is 19.4 Å². The van der Waals surface area contributed by atoms with Crippen molar-refractivity contribution in [1.82, 2.24) is 19.5 Å². The van der Waals surface area contributed by atoms with Crippen LogP contribution in [0.1, 0.15) is 28.0 Å². The molecule has 5 rings (SSSR count). The van der Waals surface area contributed by atoms with Gasteiger partial charge in [-0.05, 0) is 35.7 Å². The summed E-state index contributed by atoms with van der Waals surface area (Å²) in [7, 11) is 1.88. The summed E-state index contributed by atoms with van der Waals surface area (Å²) in [6.45, 7) is 0.693. The molecule has 1 fully saturated rings. The largest absolute Gasteiger partial charge is 0.391 e. The first kappa shape index (κ1) is 21.4. The number of hydrogen-bond donors (Lipinski definition) is 2. The highest BCUT2D eigenvalue weighted by molar-refractivity contribution is 6.01. The highest BCUT2D eigenvalue weighted by Gasteiger charge is 2.27. The third kappa shape index (κ3) is 4.27. The standard InChI is InChI=1S/C25H25FN4O3/c1-29-14-18(13-27-29)17-6-4-16(5-7-17)11-19-12-20(24-21(26)3-2-9-30(19)24)25(32)28-22-15-33-10-8-23(22)31/h2-7,9,12-14,22-23,31H,8,10-11,15H2,1H3,(H,28,32). The molecule has 0 saturated carbocycles. The lowest BCUT2D eigenvalue weighted by Gasteiger charge is -2.28. The molecular weight excluding hydrogens is 423 g/mol. The number of carbonyl (C=O) groups excluding carboxylic acids is 1. The Balaban J connectivity index is 1.43. The van der Waals surface area contributed by atoms with Crippen molar-refractivity contribution in [3.63, 3.8) is 0 Å². The Hall–Kier alpha value is -3.49. The van der Waals surface area contributed by atoms with Crippen molar-refractivity contribution in [1.29, 1.82) is 0 Å². The smallest absolute Gasteiger partial charge is 0.253 e. The predicted molar refractivity (Wildman–Crippen MR) is 122 cm³/mol. The molecule has 2 unspecified atom stereocenters. The number of fused-ring (bicyclic) bond motifs is 1. The second-order valence-corrected chi connectivity index (χ2v) is 8.41. The van der Waals surface area contributed by atoms with Gasteiger partial charge in [0.05, 0.1) is 36.0 Å².